The van der Waals surface area contributed by atoms with Gasteiger partial charge in [0.15, 0.2) is 0 Å². The fourth-order valence-electron chi connectivity index (χ4n) is 2.06. The van der Waals surface area contributed by atoms with Gasteiger partial charge in [-0.3, -0.25) is 9.59 Å². The molecule has 0 unspecified atom stereocenters. The van der Waals surface area contributed by atoms with E-state index < -0.39 is 0 Å². The van der Waals surface area contributed by atoms with Gasteiger partial charge in [0.1, 0.15) is 6.61 Å². The van der Waals surface area contributed by atoms with Crippen LogP contribution in [0.5, 0.6) is 0 Å². The van der Waals surface area contributed by atoms with E-state index in [0.717, 1.165) is 5.69 Å². The number of anilines is 2. The number of benzene rings is 1. The van der Waals surface area contributed by atoms with E-state index in [1.54, 1.807) is 24.3 Å². The predicted octanol–water partition coefficient (Wildman–Crippen LogP) is 2.82. The molecule has 0 radical (unpaired) electrons. The van der Waals surface area contributed by atoms with E-state index >= 15 is 0 Å². The van der Waals surface area contributed by atoms with Gasteiger partial charge in [-0.25, -0.2) is 0 Å². The molecular formula is C16H18ClN3O3. The number of rotatable bonds is 5. The van der Waals surface area contributed by atoms with Crippen molar-refractivity contribution < 1.29 is 14.3 Å². The Morgan fingerprint density at radius 1 is 1.26 bits per heavy atom. The maximum absolute atomic E-state index is 12.3. The first-order valence-electron chi connectivity index (χ1n) is 6.94. The van der Waals surface area contributed by atoms with Crippen LogP contribution in [0.1, 0.15) is 16.1 Å². The first kappa shape index (κ1) is 17.1. The summed E-state index contributed by atoms with van der Waals surface area (Å²) in [6.07, 6.45) is 1.83. The first-order valence-corrected chi connectivity index (χ1v) is 7.31. The number of nitrogens with zero attached hydrogens (tertiary/aromatic N) is 1. The highest BCUT2D eigenvalue weighted by Crippen LogP contribution is 2.26. The molecule has 0 bridgehead atoms. The lowest BCUT2D eigenvalue weighted by atomic mass is 10.2. The number of nitrogens with one attached hydrogen (secondary N) is 2. The molecule has 2 N–H and O–H groups in total. The summed E-state index contributed by atoms with van der Waals surface area (Å²) >= 11 is 6.13. The molecule has 0 spiro atoms. The fourth-order valence-corrected chi connectivity index (χ4v) is 2.29. The number of hydrogen-bond acceptors (Lipinski definition) is 3. The highest BCUT2D eigenvalue weighted by molar-refractivity contribution is 6.34. The summed E-state index contributed by atoms with van der Waals surface area (Å²) in [6.45, 7) is 1.82. The van der Waals surface area contributed by atoms with Crippen molar-refractivity contribution in [3.05, 3.63) is 46.7 Å². The minimum atomic E-state index is -0.300. The van der Waals surface area contributed by atoms with Gasteiger partial charge in [-0.2, -0.15) is 0 Å². The summed E-state index contributed by atoms with van der Waals surface area (Å²) in [5.41, 5.74) is 2.48. The van der Waals surface area contributed by atoms with E-state index in [1.807, 2.05) is 24.7 Å². The van der Waals surface area contributed by atoms with Crippen molar-refractivity contribution in [2.45, 2.75) is 6.92 Å². The third kappa shape index (κ3) is 4.12. The van der Waals surface area contributed by atoms with Crippen LogP contribution >= 0.6 is 11.6 Å². The predicted molar refractivity (Wildman–Crippen MR) is 90.1 cm³/mol. The third-order valence-corrected chi connectivity index (χ3v) is 3.72. The van der Waals surface area contributed by atoms with Crippen LogP contribution in [0.2, 0.25) is 5.02 Å². The topological polar surface area (TPSA) is 72.4 Å². The van der Waals surface area contributed by atoms with Crippen molar-refractivity contribution in [1.29, 1.82) is 0 Å². The van der Waals surface area contributed by atoms with E-state index in [4.69, 9.17) is 16.3 Å². The zero-order chi connectivity index (χ0) is 17.0. The van der Waals surface area contributed by atoms with Crippen LogP contribution in [-0.4, -0.2) is 30.1 Å². The van der Waals surface area contributed by atoms with Gasteiger partial charge in [0.05, 0.1) is 16.3 Å². The molecular weight excluding hydrogens is 318 g/mol. The maximum Gasteiger partial charge on any atom is 0.257 e. The largest absolute Gasteiger partial charge is 0.375 e. The molecule has 0 saturated carbocycles. The van der Waals surface area contributed by atoms with Gasteiger partial charge >= 0.3 is 0 Å². The summed E-state index contributed by atoms with van der Waals surface area (Å²) in [4.78, 5) is 23.7. The van der Waals surface area contributed by atoms with Crippen molar-refractivity contribution in [1.82, 2.24) is 4.57 Å². The van der Waals surface area contributed by atoms with E-state index in [9.17, 15) is 9.59 Å². The van der Waals surface area contributed by atoms with Crippen molar-refractivity contribution in [2.24, 2.45) is 7.05 Å². The molecule has 23 heavy (non-hydrogen) atoms. The van der Waals surface area contributed by atoms with E-state index in [0.29, 0.717) is 22.0 Å². The lowest BCUT2D eigenvalue weighted by Crippen LogP contribution is -2.17. The second-order valence-corrected chi connectivity index (χ2v) is 5.46. The van der Waals surface area contributed by atoms with Crippen LogP contribution in [0, 0.1) is 6.92 Å². The SMILES string of the molecule is COCC(=O)Nc1ccc(NC(=O)c2ccn(C)c2C)cc1Cl. The monoisotopic (exact) mass is 335 g/mol. The van der Waals surface area contributed by atoms with Crippen LogP contribution in [-0.2, 0) is 16.6 Å². The van der Waals surface area contributed by atoms with Gasteiger partial charge in [-0.15, -0.1) is 0 Å². The smallest absolute Gasteiger partial charge is 0.257 e. The number of aromatic nitrogens is 1. The molecule has 2 aromatic rings. The Bertz CT molecular complexity index is 740. The summed E-state index contributed by atoms with van der Waals surface area (Å²) < 4.78 is 6.61. The van der Waals surface area contributed by atoms with Crippen LogP contribution in [0.25, 0.3) is 0 Å². The summed E-state index contributed by atoms with van der Waals surface area (Å²) in [7, 11) is 3.31. The Morgan fingerprint density at radius 2 is 2.00 bits per heavy atom. The zero-order valence-corrected chi connectivity index (χ0v) is 13.9. The van der Waals surface area contributed by atoms with Gasteiger partial charge in [0.25, 0.3) is 5.91 Å². The second-order valence-electron chi connectivity index (χ2n) is 5.06. The molecule has 122 valence electrons. The molecule has 7 heteroatoms. The normalized spacial score (nSPS) is 10.4. The minimum absolute atomic E-state index is 0.0535. The van der Waals surface area contributed by atoms with Crippen molar-refractivity contribution in [3.8, 4) is 0 Å². The van der Waals surface area contributed by atoms with Gasteiger partial charge in [-0.05, 0) is 31.2 Å². The Labute approximate surface area is 139 Å². The third-order valence-electron chi connectivity index (χ3n) is 3.40. The van der Waals surface area contributed by atoms with Gasteiger partial charge in [0, 0.05) is 31.7 Å². The first-order chi connectivity index (χ1) is 10.9. The number of carbonyl (C=O) groups excluding carboxylic acids is 2. The molecule has 0 aliphatic carbocycles. The second kappa shape index (κ2) is 7.30. The number of amides is 2. The number of halogens is 1. The van der Waals surface area contributed by atoms with Crippen molar-refractivity contribution in [2.75, 3.05) is 24.4 Å². The number of aryl methyl sites for hydroxylation is 1. The fraction of sp³-hybridized carbons (Fsp3) is 0.250. The quantitative estimate of drug-likeness (QED) is 0.882. The average molecular weight is 336 g/mol. The minimum Gasteiger partial charge on any atom is -0.375 e. The van der Waals surface area contributed by atoms with E-state index in [-0.39, 0.29) is 18.4 Å². The highest BCUT2D eigenvalue weighted by atomic mass is 35.5. The number of methoxy groups -OCH3 is 1. The molecule has 0 aliphatic rings. The molecule has 1 aromatic heterocycles. The molecule has 1 aromatic carbocycles. The Morgan fingerprint density at radius 3 is 2.57 bits per heavy atom. The van der Waals surface area contributed by atoms with Crippen molar-refractivity contribution >= 4 is 34.8 Å². The van der Waals surface area contributed by atoms with Gasteiger partial charge in [-0.1, -0.05) is 11.6 Å². The van der Waals surface area contributed by atoms with Gasteiger partial charge in [0.2, 0.25) is 5.91 Å². The number of ether oxygens (including phenoxy) is 1. The standard InChI is InChI=1S/C16H18ClN3O3/c1-10-12(6-7-20(10)2)16(22)18-11-4-5-14(13(17)8-11)19-15(21)9-23-3/h4-8H,9H2,1-3H3,(H,18,22)(H,19,21). The average Bonchev–Trinajstić information content (AvgIpc) is 2.82. The Kier molecular flexibility index (Phi) is 5.41. The van der Waals surface area contributed by atoms with E-state index in [2.05, 4.69) is 10.6 Å². The number of carbonyl (C=O) groups is 2. The van der Waals surface area contributed by atoms with Gasteiger partial charge < -0.3 is 19.9 Å². The van der Waals surface area contributed by atoms with Crippen LogP contribution in [0.15, 0.2) is 30.5 Å². The summed E-state index contributed by atoms with van der Waals surface area (Å²) in [5.74, 6) is -0.513. The lowest BCUT2D eigenvalue weighted by Gasteiger charge is -2.10. The molecule has 0 aliphatic heterocycles. The van der Waals surface area contributed by atoms with Crippen LogP contribution in [0.3, 0.4) is 0 Å². The van der Waals surface area contributed by atoms with E-state index in [1.165, 1.54) is 7.11 Å². The van der Waals surface area contributed by atoms with Crippen LogP contribution < -0.4 is 10.6 Å². The zero-order valence-electron chi connectivity index (χ0n) is 13.1. The van der Waals surface area contributed by atoms with Crippen LogP contribution in [0.4, 0.5) is 11.4 Å². The molecule has 2 amide bonds. The molecule has 0 fully saturated rings. The Hall–Kier alpha value is -2.31. The summed E-state index contributed by atoms with van der Waals surface area (Å²) in [6, 6.07) is 6.64. The molecule has 2 rings (SSSR count). The highest BCUT2D eigenvalue weighted by Gasteiger charge is 2.13. The number of hydrogen-bond donors (Lipinski definition) is 2. The molecule has 1 heterocycles. The summed E-state index contributed by atoms with van der Waals surface area (Å²) in [5, 5.41) is 5.74. The maximum atomic E-state index is 12.3. The molecule has 6 nitrogen and oxygen atoms in total. The Balaban J connectivity index is 2.10. The molecule has 0 atom stereocenters. The lowest BCUT2D eigenvalue weighted by molar-refractivity contribution is -0.119. The molecule has 0 saturated heterocycles. The van der Waals surface area contributed by atoms with Crippen molar-refractivity contribution in [3.63, 3.8) is 0 Å².